The molecule has 9 heteroatoms. The highest BCUT2D eigenvalue weighted by molar-refractivity contribution is 7.91. The third kappa shape index (κ3) is 3.38. The lowest BCUT2D eigenvalue weighted by molar-refractivity contribution is 0.346. The quantitative estimate of drug-likeness (QED) is 0.846. The number of hydrogen-bond donors (Lipinski definition) is 1. The second kappa shape index (κ2) is 6.74. The van der Waals surface area contributed by atoms with Crippen LogP contribution in [0.4, 0.5) is 5.69 Å². The van der Waals surface area contributed by atoms with Gasteiger partial charge in [-0.3, -0.25) is 0 Å². The van der Waals surface area contributed by atoms with Gasteiger partial charge in [0, 0.05) is 18.7 Å². The van der Waals surface area contributed by atoms with Crippen LogP contribution in [-0.4, -0.2) is 40.1 Å². The molecule has 0 aromatic heterocycles. The summed E-state index contributed by atoms with van der Waals surface area (Å²) in [6, 6.07) is 13.0. The molecule has 142 valence electrons. The Bertz CT molecular complexity index is 1100. The molecular formula is C18H19N3O4S2. The van der Waals surface area contributed by atoms with Gasteiger partial charge in [0.2, 0.25) is 10.0 Å². The summed E-state index contributed by atoms with van der Waals surface area (Å²) in [6.45, 7) is 0.918. The summed E-state index contributed by atoms with van der Waals surface area (Å²) in [4.78, 5) is -0.146. The van der Waals surface area contributed by atoms with Crippen LogP contribution in [0.5, 0.6) is 0 Å². The molecule has 2 heterocycles. The number of anilines is 1. The molecule has 0 saturated carbocycles. The number of rotatable bonds is 3. The first kappa shape index (κ1) is 18.1. The Labute approximate surface area is 158 Å². The maximum absolute atomic E-state index is 12.8. The van der Waals surface area contributed by atoms with Crippen LogP contribution >= 0.6 is 0 Å². The molecule has 2 aromatic rings. The highest BCUT2D eigenvalue weighted by Crippen LogP contribution is 2.32. The van der Waals surface area contributed by atoms with Crippen LogP contribution in [0, 0.1) is 0 Å². The smallest absolute Gasteiger partial charge is 0.286 e. The SMILES string of the molecule is O=S1(=O)N=C(c2ccccc2)Nc2ccc(S(=O)(=O)N3CCCCC3)cc21. The third-order valence-electron chi connectivity index (χ3n) is 4.70. The van der Waals surface area contributed by atoms with Gasteiger partial charge in [-0.15, -0.1) is 4.40 Å². The van der Waals surface area contributed by atoms with Gasteiger partial charge in [-0.05, 0) is 31.0 Å². The van der Waals surface area contributed by atoms with Crippen molar-refractivity contribution in [1.82, 2.24) is 4.31 Å². The van der Waals surface area contributed by atoms with Gasteiger partial charge in [0.05, 0.1) is 10.6 Å². The van der Waals surface area contributed by atoms with Gasteiger partial charge in [-0.25, -0.2) is 8.42 Å². The number of hydrogen-bond acceptors (Lipinski definition) is 5. The number of amidine groups is 1. The molecule has 2 aliphatic heterocycles. The van der Waals surface area contributed by atoms with E-state index < -0.39 is 20.0 Å². The summed E-state index contributed by atoms with van der Waals surface area (Å²) >= 11 is 0. The second-order valence-corrected chi connectivity index (χ2v) is 10.0. The van der Waals surface area contributed by atoms with Crippen LogP contribution in [0.3, 0.4) is 0 Å². The zero-order chi connectivity index (χ0) is 19.1. The maximum Gasteiger partial charge on any atom is 0.286 e. The minimum Gasteiger partial charge on any atom is -0.338 e. The average Bonchev–Trinajstić information content (AvgIpc) is 2.68. The van der Waals surface area contributed by atoms with Crippen molar-refractivity contribution < 1.29 is 16.8 Å². The zero-order valence-electron chi connectivity index (χ0n) is 14.5. The van der Waals surface area contributed by atoms with E-state index in [2.05, 4.69) is 9.71 Å². The highest BCUT2D eigenvalue weighted by Gasteiger charge is 2.31. The van der Waals surface area contributed by atoms with Crippen molar-refractivity contribution in [3.05, 3.63) is 54.1 Å². The number of fused-ring (bicyclic) bond motifs is 1. The van der Waals surface area contributed by atoms with Gasteiger partial charge >= 0.3 is 0 Å². The number of benzene rings is 2. The van der Waals surface area contributed by atoms with Gasteiger partial charge in [-0.1, -0.05) is 36.8 Å². The Balaban J connectivity index is 1.74. The lowest BCUT2D eigenvalue weighted by atomic mass is 10.2. The minimum atomic E-state index is -4.01. The van der Waals surface area contributed by atoms with E-state index in [-0.39, 0.29) is 15.6 Å². The first-order valence-corrected chi connectivity index (χ1v) is 11.6. The topological polar surface area (TPSA) is 95.9 Å². The maximum atomic E-state index is 12.8. The van der Waals surface area contributed by atoms with E-state index >= 15 is 0 Å². The van der Waals surface area contributed by atoms with E-state index in [0.29, 0.717) is 24.3 Å². The molecule has 0 unspecified atom stereocenters. The summed E-state index contributed by atoms with van der Waals surface area (Å²) in [6.07, 6.45) is 2.63. The van der Waals surface area contributed by atoms with Crippen molar-refractivity contribution in [3.8, 4) is 0 Å². The van der Waals surface area contributed by atoms with Gasteiger partial charge in [0.15, 0.2) is 5.84 Å². The summed E-state index contributed by atoms with van der Waals surface area (Å²) in [5.74, 6) is 0.217. The molecule has 0 atom stereocenters. The van der Waals surface area contributed by atoms with Crippen molar-refractivity contribution in [3.63, 3.8) is 0 Å². The van der Waals surface area contributed by atoms with Gasteiger partial charge in [0.1, 0.15) is 4.90 Å². The van der Waals surface area contributed by atoms with Gasteiger partial charge in [0.25, 0.3) is 10.0 Å². The van der Waals surface area contributed by atoms with E-state index in [4.69, 9.17) is 0 Å². The van der Waals surface area contributed by atoms with Crippen LogP contribution < -0.4 is 5.32 Å². The van der Waals surface area contributed by atoms with Crippen molar-refractivity contribution in [1.29, 1.82) is 0 Å². The fourth-order valence-electron chi connectivity index (χ4n) is 3.27. The molecule has 2 aromatic carbocycles. The summed E-state index contributed by atoms with van der Waals surface area (Å²) in [5.41, 5.74) is 0.957. The minimum absolute atomic E-state index is 0.0214. The average molecular weight is 406 g/mol. The standard InChI is InChI=1S/C18H19N3O4S2/c22-26(23)17-13-15(27(24,25)21-11-5-2-6-12-21)9-10-16(17)19-18(20-26)14-7-3-1-4-8-14/h1,3-4,7-10,13H,2,5-6,11-12H2,(H,19,20). The zero-order valence-corrected chi connectivity index (χ0v) is 16.1. The van der Waals surface area contributed by atoms with Crippen molar-refractivity contribution in [2.24, 2.45) is 4.40 Å². The molecule has 0 amide bonds. The first-order valence-electron chi connectivity index (χ1n) is 8.69. The highest BCUT2D eigenvalue weighted by atomic mass is 32.2. The number of nitrogens with zero attached hydrogens (tertiary/aromatic N) is 2. The predicted octanol–water partition coefficient (Wildman–Crippen LogP) is 2.42. The molecule has 0 bridgehead atoms. The van der Waals surface area contributed by atoms with Crippen LogP contribution in [0.15, 0.2) is 62.7 Å². The Morgan fingerprint density at radius 2 is 1.67 bits per heavy atom. The summed E-state index contributed by atoms with van der Waals surface area (Å²) < 4.78 is 56.3. The van der Waals surface area contributed by atoms with E-state index in [0.717, 1.165) is 19.3 Å². The van der Waals surface area contributed by atoms with E-state index in [1.54, 1.807) is 24.3 Å². The molecule has 0 spiro atoms. The normalized spacial score (nSPS) is 19.6. The number of sulfonamides is 2. The molecule has 1 saturated heterocycles. The molecule has 4 rings (SSSR count). The third-order valence-corrected chi connectivity index (χ3v) is 7.91. The monoisotopic (exact) mass is 405 g/mol. The molecule has 0 aliphatic carbocycles. The lowest BCUT2D eigenvalue weighted by Crippen LogP contribution is -2.35. The van der Waals surface area contributed by atoms with Crippen LogP contribution in [-0.2, 0) is 20.0 Å². The Morgan fingerprint density at radius 1 is 0.963 bits per heavy atom. The molecule has 7 nitrogen and oxygen atoms in total. The molecule has 27 heavy (non-hydrogen) atoms. The van der Waals surface area contributed by atoms with Crippen LogP contribution in [0.1, 0.15) is 24.8 Å². The van der Waals surface area contributed by atoms with Crippen molar-refractivity contribution in [2.45, 2.75) is 29.1 Å². The molecule has 1 fully saturated rings. The summed E-state index contributed by atoms with van der Waals surface area (Å²) in [7, 11) is -7.73. The lowest BCUT2D eigenvalue weighted by Gasteiger charge is -2.26. The van der Waals surface area contributed by atoms with E-state index in [9.17, 15) is 16.8 Å². The predicted molar refractivity (Wildman–Crippen MR) is 103 cm³/mol. The van der Waals surface area contributed by atoms with Crippen LogP contribution in [0.25, 0.3) is 0 Å². The molecule has 0 radical (unpaired) electrons. The summed E-state index contributed by atoms with van der Waals surface area (Å²) in [5, 5.41) is 2.99. The number of nitrogens with one attached hydrogen (secondary N) is 1. The molecule has 2 aliphatic rings. The van der Waals surface area contributed by atoms with Crippen molar-refractivity contribution in [2.75, 3.05) is 18.4 Å². The number of piperidine rings is 1. The molecular weight excluding hydrogens is 386 g/mol. The van der Waals surface area contributed by atoms with Crippen LogP contribution in [0.2, 0.25) is 0 Å². The Hall–Kier alpha value is -2.23. The first-order chi connectivity index (χ1) is 12.9. The fraction of sp³-hybridized carbons (Fsp3) is 0.278. The van der Waals surface area contributed by atoms with E-state index in [1.165, 1.54) is 22.5 Å². The Morgan fingerprint density at radius 3 is 2.37 bits per heavy atom. The van der Waals surface area contributed by atoms with E-state index in [1.807, 2.05) is 6.07 Å². The Kier molecular flexibility index (Phi) is 4.53. The largest absolute Gasteiger partial charge is 0.338 e. The van der Waals surface area contributed by atoms with Crippen molar-refractivity contribution >= 4 is 31.6 Å². The molecule has 1 N–H and O–H groups in total. The second-order valence-electron chi connectivity index (χ2n) is 6.53. The fourth-order valence-corrected chi connectivity index (χ4v) is 6.06. The van der Waals surface area contributed by atoms with Gasteiger partial charge in [-0.2, -0.15) is 12.7 Å². The van der Waals surface area contributed by atoms with Gasteiger partial charge < -0.3 is 5.32 Å².